The molecule has 1 fully saturated rings. The van der Waals surface area contributed by atoms with Crippen LogP contribution in [0.3, 0.4) is 0 Å². The van der Waals surface area contributed by atoms with Crippen LogP contribution in [0.4, 0.5) is 0 Å². The number of methoxy groups -OCH3 is 2. The van der Waals surface area contributed by atoms with Crippen molar-refractivity contribution in [2.24, 2.45) is 0 Å². The fourth-order valence-electron chi connectivity index (χ4n) is 2.76. The molecule has 1 aliphatic heterocycles. The number of carbonyl (C=O) groups excluding carboxylic acids is 1. The Morgan fingerprint density at radius 2 is 1.92 bits per heavy atom. The zero-order chi connectivity index (χ0) is 17.7. The molecule has 1 aliphatic rings. The van der Waals surface area contributed by atoms with Crippen LogP contribution >= 0.6 is 0 Å². The van der Waals surface area contributed by atoms with Crippen molar-refractivity contribution in [1.82, 2.24) is 5.32 Å². The van der Waals surface area contributed by atoms with Crippen molar-refractivity contribution in [1.29, 1.82) is 0 Å². The third-order valence-corrected chi connectivity index (χ3v) is 3.97. The standard InChI is InChI=1S/C17H23NO6/c1-10(8-11-4-5-12(22-2)15(9-11)23-3)18-16(19)13-6-7-14(24-13)17(20)21/h4-5,9-10,13-14H,6-8H2,1-3H3,(H,18,19)(H,20,21)/t10?,13-,14+/m0/s1. The minimum atomic E-state index is -1.02. The van der Waals surface area contributed by atoms with E-state index in [2.05, 4.69) is 5.32 Å². The van der Waals surface area contributed by atoms with Gasteiger partial charge in [0.05, 0.1) is 14.2 Å². The normalized spacial score (nSPS) is 21.1. The molecule has 1 unspecified atom stereocenters. The number of rotatable bonds is 7. The highest BCUT2D eigenvalue weighted by Crippen LogP contribution is 2.28. The number of ether oxygens (including phenoxy) is 3. The van der Waals surface area contributed by atoms with E-state index in [-0.39, 0.29) is 11.9 Å². The summed E-state index contributed by atoms with van der Waals surface area (Å²) in [6.07, 6.45) is -0.189. The first kappa shape index (κ1) is 18.1. The first-order chi connectivity index (χ1) is 11.4. The monoisotopic (exact) mass is 337 g/mol. The van der Waals surface area contributed by atoms with Gasteiger partial charge in [0.1, 0.15) is 6.10 Å². The maximum absolute atomic E-state index is 12.2. The molecular formula is C17H23NO6. The molecule has 24 heavy (non-hydrogen) atoms. The second-order valence-electron chi connectivity index (χ2n) is 5.83. The van der Waals surface area contributed by atoms with E-state index in [9.17, 15) is 9.59 Å². The minimum Gasteiger partial charge on any atom is -0.493 e. The average molecular weight is 337 g/mol. The first-order valence-corrected chi connectivity index (χ1v) is 7.84. The van der Waals surface area contributed by atoms with Gasteiger partial charge in [-0.05, 0) is 43.9 Å². The van der Waals surface area contributed by atoms with Crippen molar-refractivity contribution in [3.8, 4) is 11.5 Å². The molecule has 0 radical (unpaired) electrons. The number of hydrogen-bond donors (Lipinski definition) is 2. The Kier molecular flexibility index (Phi) is 6.03. The zero-order valence-corrected chi connectivity index (χ0v) is 14.1. The Morgan fingerprint density at radius 1 is 1.25 bits per heavy atom. The van der Waals surface area contributed by atoms with E-state index in [1.54, 1.807) is 14.2 Å². The quantitative estimate of drug-likeness (QED) is 0.781. The minimum absolute atomic E-state index is 0.122. The van der Waals surface area contributed by atoms with Gasteiger partial charge in [-0.3, -0.25) is 4.79 Å². The van der Waals surface area contributed by atoms with Crippen LogP contribution in [-0.2, 0) is 20.7 Å². The summed E-state index contributed by atoms with van der Waals surface area (Å²) in [5, 5.41) is 11.8. The summed E-state index contributed by atoms with van der Waals surface area (Å²) < 4.78 is 15.7. The molecule has 0 bridgehead atoms. The number of carboxylic acid groups (broad SMARTS) is 1. The molecule has 2 rings (SSSR count). The van der Waals surface area contributed by atoms with Crippen LogP contribution in [0.1, 0.15) is 25.3 Å². The van der Waals surface area contributed by atoms with Crippen LogP contribution in [0.15, 0.2) is 18.2 Å². The molecule has 7 heteroatoms. The molecule has 1 aromatic carbocycles. The Labute approximate surface area is 140 Å². The SMILES string of the molecule is COc1ccc(CC(C)NC(=O)[C@@H]2CC[C@H](C(=O)O)O2)cc1OC. The number of aliphatic carboxylic acids is 1. The summed E-state index contributed by atoms with van der Waals surface area (Å²) in [5.74, 6) is -0.00985. The highest BCUT2D eigenvalue weighted by atomic mass is 16.5. The molecule has 2 N–H and O–H groups in total. The topological polar surface area (TPSA) is 94.1 Å². The van der Waals surface area contributed by atoms with E-state index in [1.807, 2.05) is 25.1 Å². The van der Waals surface area contributed by atoms with Crippen molar-refractivity contribution in [2.75, 3.05) is 14.2 Å². The molecule has 1 saturated heterocycles. The van der Waals surface area contributed by atoms with E-state index in [4.69, 9.17) is 19.3 Å². The number of amides is 1. The Morgan fingerprint density at radius 3 is 2.50 bits per heavy atom. The number of carboxylic acids is 1. The molecular weight excluding hydrogens is 314 g/mol. The molecule has 1 amide bonds. The summed E-state index contributed by atoms with van der Waals surface area (Å²) in [7, 11) is 3.15. The molecule has 1 aromatic rings. The second kappa shape index (κ2) is 8.01. The van der Waals surface area contributed by atoms with Crippen LogP contribution in [0.25, 0.3) is 0 Å². The van der Waals surface area contributed by atoms with Crippen molar-refractivity contribution in [3.63, 3.8) is 0 Å². The summed E-state index contributed by atoms with van der Waals surface area (Å²) in [5.41, 5.74) is 0.996. The average Bonchev–Trinajstić information content (AvgIpc) is 3.05. The molecule has 0 spiro atoms. The van der Waals surface area contributed by atoms with Crippen LogP contribution < -0.4 is 14.8 Å². The number of hydrogen-bond acceptors (Lipinski definition) is 5. The van der Waals surface area contributed by atoms with E-state index in [0.29, 0.717) is 30.8 Å². The van der Waals surface area contributed by atoms with Crippen molar-refractivity contribution in [2.45, 2.75) is 44.4 Å². The van der Waals surface area contributed by atoms with Gasteiger partial charge >= 0.3 is 5.97 Å². The van der Waals surface area contributed by atoms with E-state index in [0.717, 1.165) is 5.56 Å². The summed E-state index contributed by atoms with van der Waals surface area (Å²) in [6, 6.07) is 5.48. The van der Waals surface area contributed by atoms with Gasteiger partial charge in [-0.25, -0.2) is 4.79 Å². The van der Waals surface area contributed by atoms with E-state index in [1.165, 1.54) is 0 Å². The predicted octanol–water partition coefficient (Wildman–Crippen LogP) is 1.38. The first-order valence-electron chi connectivity index (χ1n) is 7.84. The lowest BCUT2D eigenvalue weighted by Gasteiger charge is -2.18. The van der Waals surface area contributed by atoms with Gasteiger partial charge in [0, 0.05) is 6.04 Å². The van der Waals surface area contributed by atoms with Crippen LogP contribution in [0.5, 0.6) is 11.5 Å². The number of benzene rings is 1. The fourth-order valence-corrected chi connectivity index (χ4v) is 2.76. The molecule has 132 valence electrons. The highest BCUT2D eigenvalue weighted by molar-refractivity contribution is 5.82. The highest BCUT2D eigenvalue weighted by Gasteiger charge is 2.35. The van der Waals surface area contributed by atoms with E-state index < -0.39 is 18.2 Å². The second-order valence-corrected chi connectivity index (χ2v) is 5.83. The third-order valence-electron chi connectivity index (χ3n) is 3.97. The third kappa shape index (κ3) is 4.38. The molecule has 0 aliphatic carbocycles. The largest absolute Gasteiger partial charge is 0.493 e. The molecule has 1 heterocycles. The number of carbonyl (C=O) groups is 2. The van der Waals surface area contributed by atoms with Gasteiger partial charge in [-0.1, -0.05) is 6.07 Å². The summed E-state index contributed by atoms with van der Waals surface area (Å²) in [6.45, 7) is 1.89. The van der Waals surface area contributed by atoms with Gasteiger partial charge in [-0.15, -0.1) is 0 Å². The fraction of sp³-hybridized carbons (Fsp3) is 0.529. The van der Waals surface area contributed by atoms with Gasteiger partial charge in [0.25, 0.3) is 0 Å². The Balaban J connectivity index is 1.90. The lowest BCUT2D eigenvalue weighted by Crippen LogP contribution is -2.41. The van der Waals surface area contributed by atoms with Crippen LogP contribution in [-0.4, -0.2) is 49.5 Å². The molecule has 0 aromatic heterocycles. The van der Waals surface area contributed by atoms with Crippen LogP contribution in [0, 0.1) is 0 Å². The summed E-state index contributed by atoms with van der Waals surface area (Å²) >= 11 is 0. The van der Waals surface area contributed by atoms with Crippen molar-refractivity contribution >= 4 is 11.9 Å². The van der Waals surface area contributed by atoms with Gasteiger partial charge in [0.2, 0.25) is 5.91 Å². The maximum atomic E-state index is 12.2. The molecule has 0 saturated carbocycles. The van der Waals surface area contributed by atoms with Gasteiger partial charge in [-0.2, -0.15) is 0 Å². The van der Waals surface area contributed by atoms with Gasteiger partial charge in [0.15, 0.2) is 17.6 Å². The lowest BCUT2D eigenvalue weighted by molar-refractivity contribution is -0.151. The van der Waals surface area contributed by atoms with Crippen LogP contribution in [0.2, 0.25) is 0 Å². The van der Waals surface area contributed by atoms with E-state index >= 15 is 0 Å². The number of nitrogens with one attached hydrogen (secondary N) is 1. The van der Waals surface area contributed by atoms with Crippen molar-refractivity contribution < 1.29 is 28.9 Å². The Bertz CT molecular complexity index is 603. The zero-order valence-electron chi connectivity index (χ0n) is 14.1. The Hall–Kier alpha value is -2.28. The molecule has 7 nitrogen and oxygen atoms in total. The van der Waals surface area contributed by atoms with Crippen molar-refractivity contribution in [3.05, 3.63) is 23.8 Å². The predicted molar refractivity (Wildman–Crippen MR) is 86.4 cm³/mol. The smallest absolute Gasteiger partial charge is 0.332 e. The van der Waals surface area contributed by atoms with Gasteiger partial charge < -0.3 is 24.6 Å². The maximum Gasteiger partial charge on any atom is 0.332 e. The lowest BCUT2D eigenvalue weighted by atomic mass is 10.1. The molecule has 3 atom stereocenters. The summed E-state index contributed by atoms with van der Waals surface area (Å²) in [4.78, 5) is 23.0.